The molecule has 0 saturated carbocycles. The zero-order valence-corrected chi connectivity index (χ0v) is 13.2. The molecule has 21 heavy (non-hydrogen) atoms. The van der Waals surface area contributed by atoms with Crippen LogP contribution in [0.4, 0.5) is 14.5 Å². The number of halogens is 3. The average Bonchev–Trinajstić information content (AvgIpc) is 2.76. The quantitative estimate of drug-likeness (QED) is 0.887. The van der Waals surface area contributed by atoms with Crippen molar-refractivity contribution < 1.29 is 17.2 Å². The number of hydrogen-bond acceptors (Lipinski definition) is 4. The maximum Gasteiger partial charge on any atom is 0.271 e. The smallest absolute Gasteiger partial charge is 0.271 e. The Morgan fingerprint density at radius 3 is 2.52 bits per heavy atom. The summed E-state index contributed by atoms with van der Waals surface area (Å²) >= 11 is 6.65. The lowest BCUT2D eigenvalue weighted by molar-refractivity contribution is 0.583. The summed E-state index contributed by atoms with van der Waals surface area (Å²) < 4.78 is 53.0. The van der Waals surface area contributed by atoms with Crippen molar-refractivity contribution in [3.63, 3.8) is 0 Å². The number of thiophene rings is 1. The Morgan fingerprint density at radius 1 is 1.33 bits per heavy atom. The van der Waals surface area contributed by atoms with Crippen molar-refractivity contribution >= 4 is 38.6 Å². The van der Waals surface area contributed by atoms with Crippen LogP contribution in [0.2, 0.25) is 5.02 Å². The second-order valence-electron chi connectivity index (χ2n) is 4.23. The highest BCUT2D eigenvalue weighted by atomic mass is 35.5. The molecule has 2 rings (SSSR count). The average molecular weight is 353 g/mol. The number of nitrogens with one attached hydrogen (secondary N) is 1. The Bertz CT molecular complexity index is 768. The van der Waals surface area contributed by atoms with E-state index in [1.807, 2.05) is 4.72 Å². The maximum atomic E-state index is 13.6. The highest BCUT2D eigenvalue weighted by Gasteiger charge is 2.22. The molecule has 9 heteroatoms. The fourth-order valence-electron chi connectivity index (χ4n) is 1.65. The fourth-order valence-corrected chi connectivity index (χ4v) is 4.50. The van der Waals surface area contributed by atoms with E-state index in [-0.39, 0.29) is 15.8 Å². The van der Waals surface area contributed by atoms with Crippen molar-refractivity contribution in [2.75, 3.05) is 4.72 Å². The molecule has 0 bridgehead atoms. The van der Waals surface area contributed by atoms with Gasteiger partial charge in [-0.15, -0.1) is 11.3 Å². The SMILES string of the molecule is Cc1cc(S(=O)(=O)Nc2c(F)cc(F)cc2Cl)sc1CN. The van der Waals surface area contributed by atoms with Gasteiger partial charge in [0.25, 0.3) is 10.0 Å². The molecule has 0 amide bonds. The van der Waals surface area contributed by atoms with Crippen molar-refractivity contribution in [2.45, 2.75) is 17.7 Å². The third-order valence-electron chi connectivity index (χ3n) is 2.69. The predicted octanol–water partition coefficient (Wildman–Crippen LogP) is 3.25. The zero-order chi connectivity index (χ0) is 15.8. The molecular weight excluding hydrogens is 342 g/mol. The first-order valence-corrected chi connectivity index (χ1v) is 8.39. The van der Waals surface area contributed by atoms with Crippen LogP contribution in [0.25, 0.3) is 0 Å². The molecule has 0 aliphatic heterocycles. The van der Waals surface area contributed by atoms with Crippen LogP contribution in [0.5, 0.6) is 0 Å². The van der Waals surface area contributed by atoms with Gasteiger partial charge in [0.1, 0.15) is 15.7 Å². The van der Waals surface area contributed by atoms with Gasteiger partial charge in [0, 0.05) is 17.5 Å². The molecule has 0 fully saturated rings. The van der Waals surface area contributed by atoms with Crippen LogP contribution in [0, 0.1) is 18.6 Å². The van der Waals surface area contributed by atoms with Crippen LogP contribution in [0.15, 0.2) is 22.4 Å². The number of anilines is 1. The van der Waals surface area contributed by atoms with E-state index >= 15 is 0 Å². The molecule has 0 unspecified atom stereocenters. The summed E-state index contributed by atoms with van der Waals surface area (Å²) in [6.45, 7) is 1.93. The standard InChI is InChI=1S/C12H11ClF2N2O2S2/c1-6-2-11(20-10(6)5-16)21(18,19)17-12-8(13)3-7(14)4-9(12)15/h2-4,17H,5,16H2,1H3. The highest BCUT2D eigenvalue weighted by Crippen LogP contribution is 2.31. The first-order chi connectivity index (χ1) is 9.74. The Labute approximate surface area is 129 Å². The van der Waals surface area contributed by atoms with Gasteiger partial charge in [-0.2, -0.15) is 0 Å². The van der Waals surface area contributed by atoms with E-state index in [0.29, 0.717) is 10.9 Å². The van der Waals surface area contributed by atoms with Gasteiger partial charge in [0.2, 0.25) is 0 Å². The Morgan fingerprint density at radius 2 is 2.00 bits per heavy atom. The van der Waals surface area contributed by atoms with E-state index in [9.17, 15) is 17.2 Å². The number of benzene rings is 1. The molecule has 1 heterocycles. The molecule has 0 radical (unpaired) electrons. The van der Waals surface area contributed by atoms with Crippen LogP contribution in [-0.2, 0) is 16.6 Å². The van der Waals surface area contributed by atoms with E-state index < -0.39 is 27.3 Å². The summed E-state index contributed by atoms with van der Waals surface area (Å²) in [6, 6.07) is 2.81. The maximum absolute atomic E-state index is 13.6. The van der Waals surface area contributed by atoms with Gasteiger partial charge in [-0.1, -0.05) is 11.6 Å². The Hall–Kier alpha value is -1.22. The minimum absolute atomic E-state index is 0.0137. The molecule has 0 aliphatic carbocycles. The number of rotatable bonds is 4. The van der Waals surface area contributed by atoms with Crippen molar-refractivity contribution in [3.8, 4) is 0 Å². The summed E-state index contributed by atoms with van der Waals surface area (Å²) in [4.78, 5) is 0.709. The molecular formula is C12H11ClF2N2O2S2. The lowest BCUT2D eigenvalue weighted by Gasteiger charge is -2.09. The minimum atomic E-state index is -4.02. The van der Waals surface area contributed by atoms with E-state index in [0.717, 1.165) is 23.0 Å². The third-order valence-corrected chi connectivity index (χ3v) is 6.07. The normalized spacial score (nSPS) is 11.7. The predicted molar refractivity (Wildman–Crippen MR) is 79.1 cm³/mol. The summed E-state index contributed by atoms with van der Waals surface area (Å²) in [5.41, 5.74) is 5.74. The van der Waals surface area contributed by atoms with Crippen molar-refractivity contribution in [3.05, 3.63) is 45.3 Å². The van der Waals surface area contributed by atoms with E-state index in [1.165, 1.54) is 6.07 Å². The lowest BCUT2D eigenvalue weighted by Crippen LogP contribution is -2.13. The van der Waals surface area contributed by atoms with Gasteiger partial charge in [0.05, 0.1) is 5.02 Å². The van der Waals surface area contributed by atoms with E-state index in [1.54, 1.807) is 6.92 Å². The summed E-state index contributed by atoms with van der Waals surface area (Å²) in [5, 5.41) is -0.358. The molecule has 0 atom stereocenters. The van der Waals surface area contributed by atoms with E-state index in [4.69, 9.17) is 17.3 Å². The topological polar surface area (TPSA) is 72.2 Å². The summed E-state index contributed by atoms with van der Waals surface area (Å²) in [6.07, 6.45) is 0. The molecule has 2 aromatic rings. The zero-order valence-electron chi connectivity index (χ0n) is 10.8. The van der Waals surface area contributed by atoms with Gasteiger partial charge >= 0.3 is 0 Å². The van der Waals surface area contributed by atoms with Crippen LogP contribution < -0.4 is 10.5 Å². The third kappa shape index (κ3) is 3.34. The van der Waals surface area contributed by atoms with Crippen molar-refractivity contribution in [1.82, 2.24) is 0 Å². The number of hydrogen-bond donors (Lipinski definition) is 2. The van der Waals surface area contributed by atoms with Crippen molar-refractivity contribution in [1.29, 1.82) is 0 Å². The van der Waals surface area contributed by atoms with Crippen LogP contribution >= 0.6 is 22.9 Å². The largest absolute Gasteiger partial charge is 0.326 e. The summed E-state index contributed by atoms with van der Waals surface area (Å²) in [5.74, 6) is -1.98. The number of aryl methyl sites for hydroxylation is 1. The first-order valence-electron chi connectivity index (χ1n) is 5.71. The molecule has 4 nitrogen and oxygen atoms in total. The molecule has 114 valence electrons. The van der Waals surface area contributed by atoms with Crippen LogP contribution in [0.1, 0.15) is 10.4 Å². The van der Waals surface area contributed by atoms with E-state index in [2.05, 4.69) is 0 Å². The Balaban J connectivity index is 2.42. The monoisotopic (exact) mass is 352 g/mol. The molecule has 0 spiro atoms. The molecule has 1 aromatic heterocycles. The summed E-state index contributed by atoms with van der Waals surface area (Å²) in [7, 11) is -4.02. The minimum Gasteiger partial charge on any atom is -0.326 e. The number of nitrogens with two attached hydrogens (primary N) is 1. The molecule has 1 aromatic carbocycles. The molecule has 0 saturated heterocycles. The van der Waals surface area contributed by atoms with Crippen LogP contribution in [0.3, 0.4) is 0 Å². The van der Waals surface area contributed by atoms with Gasteiger partial charge in [0.15, 0.2) is 5.82 Å². The fraction of sp³-hybridized carbons (Fsp3) is 0.167. The van der Waals surface area contributed by atoms with Gasteiger partial charge in [-0.3, -0.25) is 4.72 Å². The lowest BCUT2D eigenvalue weighted by atomic mass is 10.3. The number of sulfonamides is 1. The molecule has 3 N–H and O–H groups in total. The van der Waals surface area contributed by atoms with Crippen LogP contribution in [-0.4, -0.2) is 8.42 Å². The first kappa shape index (κ1) is 16.2. The highest BCUT2D eigenvalue weighted by molar-refractivity contribution is 7.94. The van der Waals surface area contributed by atoms with Gasteiger partial charge < -0.3 is 5.73 Å². The second-order valence-corrected chi connectivity index (χ2v) is 7.68. The van der Waals surface area contributed by atoms with Crippen molar-refractivity contribution in [2.24, 2.45) is 5.73 Å². The Kier molecular flexibility index (Phi) is 4.52. The van der Waals surface area contributed by atoms with Gasteiger partial charge in [-0.25, -0.2) is 17.2 Å². The second kappa shape index (κ2) is 5.88. The molecule has 0 aliphatic rings. The van der Waals surface area contributed by atoms with Gasteiger partial charge in [-0.05, 0) is 24.6 Å².